The summed E-state index contributed by atoms with van der Waals surface area (Å²) in [6.45, 7) is 2.14. The van der Waals surface area contributed by atoms with Crippen molar-refractivity contribution in [2.24, 2.45) is 11.8 Å². The van der Waals surface area contributed by atoms with Gasteiger partial charge in [0.1, 0.15) is 0 Å². The number of hydrogen-bond donors (Lipinski definition) is 2. The molecule has 0 fully saturated rings. The predicted octanol–water partition coefficient (Wildman–Crippen LogP) is 5.61. The van der Waals surface area contributed by atoms with Crippen LogP contribution in [0.1, 0.15) is 36.9 Å². The van der Waals surface area contributed by atoms with Gasteiger partial charge in [-0.3, -0.25) is 9.78 Å². The molecule has 4 atom stereocenters. The van der Waals surface area contributed by atoms with E-state index in [1.54, 1.807) is 6.20 Å². The van der Waals surface area contributed by atoms with Crippen LogP contribution >= 0.6 is 23.2 Å². The molecular formula is C24H25Cl2N3O. The third-order valence-electron chi connectivity index (χ3n) is 6.42. The molecule has 0 radical (unpaired) electrons. The van der Waals surface area contributed by atoms with Crippen LogP contribution < -0.4 is 10.6 Å². The van der Waals surface area contributed by atoms with E-state index in [1.807, 2.05) is 55.7 Å². The van der Waals surface area contributed by atoms with Crippen molar-refractivity contribution < 1.29 is 4.79 Å². The Hall–Kier alpha value is -2.14. The fourth-order valence-electron chi connectivity index (χ4n) is 5.30. The largest absolute Gasteiger partial charge is 0.325 e. The summed E-state index contributed by atoms with van der Waals surface area (Å²) in [6, 6.07) is 9.35. The number of rotatable bonds is 6. The van der Waals surface area contributed by atoms with E-state index in [0.29, 0.717) is 5.02 Å². The molecule has 156 valence electrons. The Bertz CT molecular complexity index is 1000. The lowest BCUT2D eigenvalue weighted by molar-refractivity contribution is -0.125. The Morgan fingerprint density at radius 1 is 1.33 bits per heavy atom. The van der Waals surface area contributed by atoms with Gasteiger partial charge in [-0.1, -0.05) is 60.8 Å². The van der Waals surface area contributed by atoms with Crippen LogP contribution in [0.3, 0.4) is 0 Å². The highest BCUT2D eigenvalue weighted by Crippen LogP contribution is 2.55. The summed E-state index contributed by atoms with van der Waals surface area (Å²) in [7, 11) is 1.90. The average Bonchev–Trinajstić information content (AvgIpc) is 3.02. The molecule has 1 aliphatic carbocycles. The van der Waals surface area contributed by atoms with Crippen molar-refractivity contribution in [1.82, 2.24) is 10.3 Å². The van der Waals surface area contributed by atoms with Gasteiger partial charge in [0.2, 0.25) is 5.91 Å². The zero-order chi connectivity index (χ0) is 21.3. The number of hydrogen-bond acceptors (Lipinski definition) is 3. The smallest absolute Gasteiger partial charge is 0.237 e. The van der Waals surface area contributed by atoms with E-state index in [4.69, 9.17) is 23.2 Å². The fourth-order valence-corrected chi connectivity index (χ4v) is 5.73. The summed E-state index contributed by atoms with van der Waals surface area (Å²) < 4.78 is 0. The van der Waals surface area contributed by atoms with Crippen LogP contribution in [0.2, 0.25) is 5.02 Å². The normalized spacial score (nSPS) is 24.7. The predicted molar refractivity (Wildman–Crippen MR) is 123 cm³/mol. The van der Waals surface area contributed by atoms with E-state index in [1.165, 1.54) is 0 Å². The van der Waals surface area contributed by atoms with Crippen LogP contribution in [0.4, 0.5) is 5.69 Å². The third-order valence-corrected chi connectivity index (χ3v) is 6.94. The Labute approximate surface area is 187 Å². The van der Waals surface area contributed by atoms with E-state index in [2.05, 4.69) is 28.6 Å². The summed E-state index contributed by atoms with van der Waals surface area (Å²) in [6.07, 6.45) is 11.2. The highest BCUT2D eigenvalue weighted by atomic mass is 35.5. The lowest BCUT2D eigenvalue weighted by Gasteiger charge is -2.45. The molecule has 4 nitrogen and oxygen atoms in total. The van der Waals surface area contributed by atoms with Crippen molar-refractivity contribution in [3.8, 4) is 0 Å². The second kappa shape index (κ2) is 8.54. The molecule has 2 heterocycles. The van der Waals surface area contributed by atoms with E-state index in [0.717, 1.165) is 34.7 Å². The number of amides is 1. The van der Waals surface area contributed by atoms with E-state index < -0.39 is 5.41 Å². The number of aromatic nitrogens is 1. The maximum Gasteiger partial charge on any atom is 0.237 e. The summed E-state index contributed by atoms with van der Waals surface area (Å²) in [5.41, 5.74) is 1.87. The van der Waals surface area contributed by atoms with Gasteiger partial charge in [0.15, 0.2) is 0 Å². The number of benzene rings is 1. The van der Waals surface area contributed by atoms with Crippen molar-refractivity contribution in [1.29, 1.82) is 0 Å². The van der Waals surface area contributed by atoms with E-state index >= 15 is 0 Å². The molecule has 0 saturated heterocycles. The average molecular weight is 442 g/mol. The zero-order valence-corrected chi connectivity index (χ0v) is 18.5. The number of anilines is 1. The second-order valence-electron chi connectivity index (χ2n) is 7.90. The molecule has 0 bridgehead atoms. The molecule has 0 saturated carbocycles. The summed E-state index contributed by atoms with van der Waals surface area (Å²) >= 11 is 12.7. The first-order valence-electron chi connectivity index (χ1n) is 10.2. The van der Waals surface area contributed by atoms with E-state index in [-0.39, 0.29) is 23.8 Å². The van der Waals surface area contributed by atoms with Crippen molar-refractivity contribution in [2.45, 2.75) is 31.2 Å². The van der Waals surface area contributed by atoms with Gasteiger partial charge in [0.05, 0.1) is 11.5 Å². The van der Waals surface area contributed by atoms with Crippen LogP contribution in [0, 0.1) is 11.8 Å². The molecule has 0 spiro atoms. The maximum absolute atomic E-state index is 13.9. The van der Waals surface area contributed by atoms with Crippen molar-refractivity contribution in [2.75, 3.05) is 12.4 Å². The molecule has 2 N–H and O–H groups in total. The summed E-state index contributed by atoms with van der Waals surface area (Å²) in [5.74, 6) is 0.123. The molecule has 1 amide bonds. The van der Waals surface area contributed by atoms with E-state index in [9.17, 15) is 4.79 Å². The number of nitrogens with zero attached hydrogens (tertiary/aromatic N) is 1. The van der Waals surface area contributed by atoms with Gasteiger partial charge in [0, 0.05) is 28.1 Å². The lowest BCUT2D eigenvalue weighted by Crippen LogP contribution is -2.53. The Kier molecular flexibility index (Phi) is 6.01. The van der Waals surface area contributed by atoms with Crippen LogP contribution in [-0.2, 0) is 10.2 Å². The molecule has 1 aromatic carbocycles. The summed E-state index contributed by atoms with van der Waals surface area (Å²) in [5, 5.41) is 7.98. The highest BCUT2D eigenvalue weighted by Gasteiger charge is 2.58. The molecule has 2 aliphatic rings. The molecule has 30 heavy (non-hydrogen) atoms. The minimum Gasteiger partial charge on any atom is -0.325 e. The monoisotopic (exact) mass is 441 g/mol. The van der Waals surface area contributed by atoms with Crippen molar-refractivity contribution in [3.05, 3.63) is 82.1 Å². The van der Waals surface area contributed by atoms with Gasteiger partial charge >= 0.3 is 0 Å². The second-order valence-corrected chi connectivity index (χ2v) is 8.82. The van der Waals surface area contributed by atoms with Gasteiger partial charge in [0.25, 0.3) is 0 Å². The third kappa shape index (κ3) is 3.37. The SMILES string of the molecule is CC[C@@H](C1C=CC=C(Cl)C1)[C@@]1([C@@H](NC)c2cccnc2)C(=O)Nc2cc(Cl)ccc21. The fraction of sp³-hybridized carbons (Fsp3) is 0.333. The Balaban J connectivity index is 1.95. The first-order chi connectivity index (χ1) is 14.5. The quantitative estimate of drug-likeness (QED) is 0.612. The zero-order valence-electron chi connectivity index (χ0n) is 17.0. The number of likely N-dealkylation sites (N-methyl/N-ethyl adjacent to an activating group) is 1. The van der Waals surface area contributed by atoms with Crippen LogP contribution in [0.25, 0.3) is 0 Å². The van der Waals surface area contributed by atoms with Crippen molar-refractivity contribution >= 4 is 34.8 Å². The minimum atomic E-state index is -0.837. The Morgan fingerprint density at radius 2 is 2.17 bits per heavy atom. The first kappa shape index (κ1) is 21.1. The lowest BCUT2D eigenvalue weighted by atomic mass is 9.59. The number of allylic oxidation sites excluding steroid dienone is 4. The number of halogens is 2. The number of nitrogens with one attached hydrogen (secondary N) is 2. The van der Waals surface area contributed by atoms with Crippen molar-refractivity contribution in [3.63, 3.8) is 0 Å². The highest BCUT2D eigenvalue weighted by molar-refractivity contribution is 6.31. The van der Waals surface area contributed by atoms with Gasteiger partial charge in [-0.2, -0.15) is 0 Å². The number of carbonyl (C=O) groups is 1. The number of carbonyl (C=O) groups excluding carboxylic acids is 1. The van der Waals surface area contributed by atoms with Gasteiger partial charge in [-0.15, -0.1) is 0 Å². The summed E-state index contributed by atoms with van der Waals surface area (Å²) in [4.78, 5) is 18.2. The van der Waals surface area contributed by atoms with Gasteiger partial charge in [-0.05, 0) is 60.7 Å². The van der Waals surface area contributed by atoms with Crippen LogP contribution in [-0.4, -0.2) is 17.9 Å². The Morgan fingerprint density at radius 3 is 2.83 bits per heavy atom. The van der Waals surface area contributed by atoms with Crippen LogP contribution in [0.15, 0.2) is 66.0 Å². The topological polar surface area (TPSA) is 54.0 Å². The number of fused-ring (bicyclic) bond motifs is 1. The molecular weight excluding hydrogens is 417 g/mol. The molecule has 1 unspecified atom stereocenters. The molecule has 4 rings (SSSR count). The van der Waals surface area contributed by atoms with Gasteiger partial charge < -0.3 is 10.6 Å². The molecule has 2 aromatic rings. The molecule has 1 aliphatic heterocycles. The molecule has 6 heteroatoms. The standard InChI is InChI=1S/C24H25Cl2N3O/c1-3-19(15-6-4-8-17(25)12-15)24(22(27-2)16-7-5-11-28-14-16)20-10-9-18(26)13-21(20)29-23(24)30/h4-11,13-15,19,22,27H,3,12H2,1-2H3,(H,29,30)/t15?,19-,22-,24+/m0/s1. The maximum atomic E-state index is 13.9. The minimum absolute atomic E-state index is 0.0104. The molecule has 1 aromatic heterocycles. The van der Waals surface area contributed by atoms with Gasteiger partial charge in [-0.25, -0.2) is 0 Å². The van der Waals surface area contributed by atoms with Crippen LogP contribution in [0.5, 0.6) is 0 Å². The number of pyridine rings is 1. The first-order valence-corrected chi connectivity index (χ1v) is 11.0.